The summed E-state index contributed by atoms with van der Waals surface area (Å²) in [5, 5.41) is 14.5. The number of nitrogens with one attached hydrogen (secondary N) is 2. The van der Waals surface area contributed by atoms with Gasteiger partial charge in [-0.1, -0.05) is 26.0 Å². The van der Waals surface area contributed by atoms with Crippen molar-refractivity contribution in [3.8, 4) is 0 Å². The number of urea groups is 1. The lowest BCUT2D eigenvalue weighted by Crippen LogP contribution is -2.42. The van der Waals surface area contributed by atoms with E-state index in [2.05, 4.69) is 10.6 Å². The van der Waals surface area contributed by atoms with Crippen LogP contribution in [0, 0.1) is 5.41 Å². The van der Waals surface area contributed by atoms with Crippen molar-refractivity contribution >= 4 is 17.7 Å². The van der Waals surface area contributed by atoms with Gasteiger partial charge in [0.1, 0.15) is 0 Å². The van der Waals surface area contributed by atoms with Crippen LogP contribution in [0.5, 0.6) is 0 Å². The molecule has 0 fully saturated rings. The molecule has 110 valence electrons. The summed E-state index contributed by atoms with van der Waals surface area (Å²) in [4.78, 5) is 22.9. The Balaban J connectivity index is 2.57. The molecule has 0 aliphatic rings. The van der Waals surface area contributed by atoms with Crippen LogP contribution in [-0.2, 0) is 11.2 Å². The quantitative estimate of drug-likeness (QED) is 0.748. The van der Waals surface area contributed by atoms with E-state index in [0.29, 0.717) is 12.1 Å². The van der Waals surface area contributed by atoms with Gasteiger partial charge in [0.25, 0.3) is 0 Å². The number of carboxylic acids is 1. The van der Waals surface area contributed by atoms with Crippen LogP contribution in [-0.4, -0.2) is 23.7 Å². The smallest absolute Gasteiger partial charge is 0.319 e. The Morgan fingerprint density at radius 1 is 1.30 bits per heavy atom. The molecule has 1 rings (SSSR count). The summed E-state index contributed by atoms with van der Waals surface area (Å²) in [6.45, 7) is 5.54. The Bertz CT molecular complexity index is 488. The predicted molar refractivity (Wildman–Crippen MR) is 78.9 cm³/mol. The van der Waals surface area contributed by atoms with Crippen LogP contribution in [0.25, 0.3) is 0 Å². The van der Waals surface area contributed by atoms with Gasteiger partial charge in [-0.05, 0) is 37.5 Å². The molecule has 0 aromatic heterocycles. The average Bonchev–Trinajstić information content (AvgIpc) is 2.44. The lowest BCUT2D eigenvalue weighted by atomic mass is 9.88. The molecule has 0 heterocycles. The highest BCUT2D eigenvalue weighted by Gasteiger charge is 2.31. The van der Waals surface area contributed by atoms with Gasteiger partial charge in [-0.15, -0.1) is 0 Å². The molecule has 1 atom stereocenters. The molecular weight excluding hydrogens is 256 g/mol. The maximum absolute atomic E-state index is 11.8. The van der Waals surface area contributed by atoms with E-state index in [9.17, 15) is 9.59 Å². The van der Waals surface area contributed by atoms with Crippen molar-refractivity contribution in [1.29, 1.82) is 0 Å². The van der Waals surface area contributed by atoms with E-state index < -0.39 is 11.4 Å². The Hall–Kier alpha value is -2.04. The Morgan fingerprint density at radius 2 is 2.00 bits per heavy atom. The van der Waals surface area contributed by atoms with E-state index in [1.807, 2.05) is 25.1 Å². The molecule has 0 bridgehead atoms. The molecule has 20 heavy (non-hydrogen) atoms. The van der Waals surface area contributed by atoms with Gasteiger partial charge >= 0.3 is 12.0 Å². The summed E-state index contributed by atoms with van der Waals surface area (Å²) < 4.78 is 0. The van der Waals surface area contributed by atoms with Gasteiger partial charge in [0.15, 0.2) is 0 Å². The van der Waals surface area contributed by atoms with Crippen LogP contribution in [0.2, 0.25) is 0 Å². The number of amides is 2. The molecule has 2 amide bonds. The number of carboxylic acid groups (broad SMARTS) is 1. The zero-order chi connectivity index (χ0) is 15.2. The number of anilines is 1. The van der Waals surface area contributed by atoms with Crippen molar-refractivity contribution in [3.63, 3.8) is 0 Å². The first-order chi connectivity index (χ1) is 9.41. The third-order valence-electron chi connectivity index (χ3n) is 3.53. The highest BCUT2D eigenvalue weighted by molar-refractivity contribution is 5.89. The maximum Gasteiger partial charge on any atom is 0.319 e. The van der Waals surface area contributed by atoms with Crippen molar-refractivity contribution in [2.24, 2.45) is 5.41 Å². The molecule has 0 aliphatic carbocycles. The lowest BCUT2D eigenvalue weighted by molar-refractivity contribution is -0.147. The molecule has 5 heteroatoms. The second-order valence-electron chi connectivity index (χ2n) is 5.08. The molecule has 0 saturated carbocycles. The molecular formula is C15H22N2O3. The molecule has 0 aliphatic heterocycles. The summed E-state index contributed by atoms with van der Waals surface area (Å²) in [5.74, 6) is -0.909. The SMILES string of the molecule is CCc1cccc(NC(=O)NCC(C)(CC)C(=O)O)c1. The molecule has 1 unspecified atom stereocenters. The van der Waals surface area contributed by atoms with Gasteiger partial charge in [0.05, 0.1) is 5.41 Å². The van der Waals surface area contributed by atoms with Crippen LogP contribution in [0.15, 0.2) is 24.3 Å². The number of aryl methyl sites for hydroxylation is 1. The molecule has 0 saturated heterocycles. The van der Waals surface area contributed by atoms with Gasteiger partial charge in [-0.25, -0.2) is 4.79 Å². The second-order valence-corrected chi connectivity index (χ2v) is 5.08. The fraction of sp³-hybridized carbons (Fsp3) is 0.467. The lowest BCUT2D eigenvalue weighted by Gasteiger charge is -2.23. The topological polar surface area (TPSA) is 78.4 Å². The van der Waals surface area contributed by atoms with Gasteiger partial charge in [0.2, 0.25) is 0 Å². The van der Waals surface area contributed by atoms with Crippen LogP contribution in [0.4, 0.5) is 10.5 Å². The Kier molecular flexibility index (Phi) is 5.55. The largest absolute Gasteiger partial charge is 0.481 e. The van der Waals surface area contributed by atoms with E-state index in [-0.39, 0.29) is 12.6 Å². The zero-order valence-electron chi connectivity index (χ0n) is 12.2. The van der Waals surface area contributed by atoms with E-state index in [4.69, 9.17) is 5.11 Å². The minimum absolute atomic E-state index is 0.0954. The van der Waals surface area contributed by atoms with Crippen LogP contribution in [0.1, 0.15) is 32.8 Å². The monoisotopic (exact) mass is 278 g/mol. The summed E-state index contributed by atoms with van der Waals surface area (Å²) in [6, 6.07) is 7.17. The number of benzene rings is 1. The number of hydrogen-bond donors (Lipinski definition) is 3. The average molecular weight is 278 g/mol. The fourth-order valence-corrected chi connectivity index (χ4v) is 1.67. The molecule has 5 nitrogen and oxygen atoms in total. The number of carbonyl (C=O) groups excluding carboxylic acids is 1. The maximum atomic E-state index is 11.8. The minimum Gasteiger partial charge on any atom is -0.481 e. The van der Waals surface area contributed by atoms with E-state index in [0.717, 1.165) is 12.0 Å². The first-order valence-electron chi connectivity index (χ1n) is 6.78. The normalized spacial score (nSPS) is 13.3. The molecule has 1 aromatic rings. The summed E-state index contributed by atoms with van der Waals surface area (Å²) in [7, 11) is 0. The van der Waals surface area contributed by atoms with Crippen molar-refractivity contribution in [2.45, 2.75) is 33.6 Å². The first kappa shape index (κ1) is 16.0. The van der Waals surface area contributed by atoms with Gasteiger partial charge < -0.3 is 15.7 Å². The first-order valence-corrected chi connectivity index (χ1v) is 6.78. The molecule has 0 radical (unpaired) electrons. The number of aliphatic carboxylic acids is 1. The van der Waals surface area contributed by atoms with E-state index in [1.165, 1.54) is 0 Å². The number of hydrogen-bond acceptors (Lipinski definition) is 2. The molecule has 3 N–H and O–H groups in total. The van der Waals surface area contributed by atoms with Crippen LogP contribution < -0.4 is 10.6 Å². The number of carbonyl (C=O) groups is 2. The summed E-state index contributed by atoms with van der Waals surface area (Å²) in [5.41, 5.74) is 0.893. The van der Waals surface area contributed by atoms with Crippen molar-refractivity contribution in [2.75, 3.05) is 11.9 Å². The summed E-state index contributed by atoms with van der Waals surface area (Å²) in [6.07, 6.45) is 1.35. The minimum atomic E-state index is -0.942. The third kappa shape index (κ3) is 4.26. The second kappa shape index (κ2) is 6.93. The van der Waals surface area contributed by atoms with E-state index in [1.54, 1.807) is 19.9 Å². The van der Waals surface area contributed by atoms with Gasteiger partial charge in [-0.2, -0.15) is 0 Å². The summed E-state index contributed by atoms with van der Waals surface area (Å²) >= 11 is 0. The highest BCUT2D eigenvalue weighted by Crippen LogP contribution is 2.20. The van der Waals surface area contributed by atoms with E-state index >= 15 is 0 Å². The van der Waals surface area contributed by atoms with Crippen LogP contribution >= 0.6 is 0 Å². The van der Waals surface area contributed by atoms with Gasteiger partial charge in [-0.3, -0.25) is 4.79 Å². The Labute approximate surface area is 119 Å². The van der Waals surface area contributed by atoms with Crippen molar-refractivity contribution < 1.29 is 14.7 Å². The fourth-order valence-electron chi connectivity index (χ4n) is 1.67. The van der Waals surface area contributed by atoms with Crippen molar-refractivity contribution in [3.05, 3.63) is 29.8 Å². The predicted octanol–water partition coefficient (Wildman–Crippen LogP) is 2.87. The Morgan fingerprint density at radius 3 is 2.55 bits per heavy atom. The highest BCUT2D eigenvalue weighted by atomic mass is 16.4. The third-order valence-corrected chi connectivity index (χ3v) is 3.53. The molecule has 0 spiro atoms. The van der Waals surface area contributed by atoms with Crippen molar-refractivity contribution in [1.82, 2.24) is 5.32 Å². The van der Waals surface area contributed by atoms with Crippen LogP contribution in [0.3, 0.4) is 0 Å². The standard InChI is InChI=1S/C15H22N2O3/c1-4-11-7-6-8-12(9-11)17-14(20)16-10-15(3,5-2)13(18)19/h6-9H,4-5,10H2,1-3H3,(H,18,19)(H2,16,17,20). The molecule has 1 aromatic carbocycles. The van der Waals surface area contributed by atoms with Gasteiger partial charge in [0, 0.05) is 12.2 Å². The zero-order valence-corrected chi connectivity index (χ0v) is 12.2. The number of rotatable bonds is 6.